The second-order valence-corrected chi connectivity index (χ2v) is 8.41. The molecule has 0 fully saturated rings. The van der Waals surface area contributed by atoms with Crippen molar-refractivity contribution in [2.75, 3.05) is 12.3 Å². The van der Waals surface area contributed by atoms with Gasteiger partial charge in [-0.15, -0.1) is 0 Å². The zero-order valence-electron chi connectivity index (χ0n) is 14.0. The van der Waals surface area contributed by atoms with Crippen LogP contribution in [-0.4, -0.2) is 43.4 Å². The van der Waals surface area contributed by atoms with Crippen LogP contribution in [-0.2, 0) is 14.6 Å². The van der Waals surface area contributed by atoms with E-state index in [0.717, 1.165) is 0 Å². The maximum absolute atomic E-state index is 12.2. The predicted molar refractivity (Wildman–Crippen MR) is 88.2 cm³/mol. The molecule has 0 atom stereocenters. The van der Waals surface area contributed by atoms with E-state index >= 15 is 0 Å². The van der Waals surface area contributed by atoms with Crippen LogP contribution in [0.15, 0.2) is 29.2 Å². The zero-order valence-corrected chi connectivity index (χ0v) is 14.8. The minimum Gasteiger partial charge on any atom is -0.491 e. The van der Waals surface area contributed by atoms with Crippen molar-refractivity contribution in [2.24, 2.45) is 0 Å². The van der Waals surface area contributed by atoms with Crippen molar-refractivity contribution in [2.45, 2.75) is 50.7 Å². The molecule has 2 N–H and O–H groups in total. The summed E-state index contributed by atoms with van der Waals surface area (Å²) in [6.45, 7) is 6.97. The van der Waals surface area contributed by atoms with E-state index in [-0.39, 0.29) is 29.7 Å². The van der Waals surface area contributed by atoms with Crippen molar-refractivity contribution in [1.82, 2.24) is 5.32 Å². The molecule has 1 rings (SSSR count). The normalized spacial score (nSPS) is 12.3. The van der Waals surface area contributed by atoms with E-state index < -0.39 is 21.3 Å². The molecule has 130 valence electrons. The van der Waals surface area contributed by atoms with Crippen molar-refractivity contribution in [1.29, 1.82) is 0 Å². The Labute approximate surface area is 137 Å². The standard InChI is InChI=1S/C16H25NO5S/c1-12(2)22-13-5-7-14(8-6-13)23(20,21)10-9-15(18)17-11-16(3,4)19/h5-8,12,19H,9-11H2,1-4H3,(H,17,18). The highest BCUT2D eigenvalue weighted by atomic mass is 32.2. The summed E-state index contributed by atoms with van der Waals surface area (Å²) in [4.78, 5) is 11.8. The van der Waals surface area contributed by atoms with Crippen molar-refractivity contribution in [3.63, 3.8) is 0 Å². The molecular weight excluding hydrogens is 318 g/mol. The quantitative estimate of drug-likeness (QED) is 0.747. The molecule has 0 unspecified atom stereocenters. The number of rotatable bonds is 8. The first-order valence-corrected chi connectivity index (χ1v) is 9.13. The fourth-order valence-corrected chi connectivity index (χ4v) is 2.99. The van der Waals surface area contributed by atoms with Crippen LogP contribution in [0.2, 0.25) is 0 Å². The van der Waals surface area contributed by atoms with E-state index in [2.05, 4.69) is 5.32 Å². The molecule has 1 aromatic rings. The van der Waals surface area contributed by atoms with Crippen molar-refractivity contribution in [3.05, 3.63) is 24.3 Å². The van der Waals surface area contributed by atoms with Gasteiger partial charge in [-0.25, -0.2) is 8.42 Å². The molecule has 0 aliphatic rings. The number of carbonyl (C=O) groups excluding carboxylic acids is 1. The average molecular weight is 343 g/mol. The lowest BCUT2D eigenvalue weighted by Gasteiger charge is -2.17. The molecule has 0 bridgehead atoms. The lowest BCUT2D eigenvalue weighted by Crippen LogP contribution is -2.38. The fraction of sp³-hybridized carbons (Fsp3) is 0.562. The third-order valence-corrected chi connectivity index (χ3v) is 4.60. The van der Waals surface area contributed by atoms with Crippen LogP contribution in [0.4, 0.5) is 0 Å². The summed E-state index contributed by atoms with van der Waals surface area (Å²) in [5.74, 6) is -0.0907. The Balaban J connectivity index is 2.60. The van der Waals surface area contributed by atoms with Crippen molar-refractivity contribution < 1.29 is 23.1 Å². The van der Waals surface area contributed by atoms with Gasteiger partial charge in [0.2, 0.25) is 5.91 Å². The maximum Gasteiger partial charge on any atom is 0.221 e. The lowest BCUT2D eigenvalue weighted by atomic mass is 10.1. The van der Waals surface area contributed by atoms with Gasteiger partial charge in [0.05, 0.1) is 22.4 Å². The van der Waals surface area contributed by atoms with Gasteiger partial charge in [-0.05, 0) is 52.0 Å². The summed E-state index contributed by atoms with van der Waals surface area (Å²) in [6, 6.07) is 6.14. The monoisotopic (exact) mass is 343 g/mol. The molecule has 0 heterocycles. The zero-order chi connectivity index (χ0) is 17.7. The van der Waals surface area contributed by atoms with E-state index in [1.54, 1.807) is 26.0 Å². The number of hydrogen-bond acceptors (Lipinski definition) is 5. The third-order valence-electron chi connectivity index (χ3n) is 2.87. The van der Waals surface area contributed by atoms with Gasteiger partial charge in [0.1, 0.15) is 5.75 Å². The Kier molecular flexibility index (Phi) is 6.58. The van der Waals surface area contributed by atoms with Gasteiger partial charge >= 0.3 is 0 Å². The number of sulfone groups is 1. The molecule has 0 saturated carbocycles. The van der Waals surface area contributed by atoms with E-state index in [4.69, 9.17) is 4.74 Å². The lowest BCUT2D eigenvalue weighted by molar-refractivity contribution is -0.121. The highest BCUT2D eigenvalue weighted by molar-refractivity contribution is 7.91. The fourth-order valence-electron chi connectivity index (χ4n) is 1.75. The van der Waals surface area contributed by atoms with Crippen LogP contribution in [0.3, 0.4) is 0 Å². The molecule has 1 aromatic carbocycles. The molecule has 0 saturated heterocycles. The molecule has 7 heteroatoms. The van der Waals surface area contributed by atoms with Crippen LogP contribution in [0.25, 0.3) is 0 Å². The maximum atomic E-state index is 12.2. The molecule has 6 nitrogen and oxygen atoms in total. The molecule has 1 amide bonds. The van der Waals surface area contributed by atoms with Crippen LogP contribution in [0.5, 0.6) is 5.75 Å². The number of aliphatic hydroxyl groups is 1. The predicted octanol–water partition coefficient (Wildman–Crippen LogP) is 1.52. The Hall–Kier alpha value is -1.60. The van der Waals surface area contributed by atoms with Crippen molar-refractivity contribution >= 4 is 15.7 Å². The number of nitrogens with one attached hydrogen (secondary N) is 1. The van der Waals surface area contributed by atoms with Crippen LogP contribution in [0, 0.1) is 0 Å². The molecule has 0 aromatic heterocycles. The average Bonchev–Trinajstić information content (AvgIpc) is 2.42. The van der Waals surface area contributed by atoms with Gasteiger partial charge in [0.15, 0.2) is 9.84 Å². The first-order chi connectivity index (χ1) is 10.5. The first-order valence-electron chi connectivity index (χ1n) is 7.48. The van der Waals surface area contributed by atoms with Gasteiger partial charge in [0.25, 0.3) is 0 Å². The number of ether oxygens (including phenoxy) is 1. The van der Waals surface area contributed by atoms with E-state index in [9.17, 15) is 18.3 Å². The number of amides is 1. The summed E-state index contributed by atoms with van der Waals surface area (Å²) >= 11 is 0. The van der Waals surface area contributed by atoms with Gasteiger partial charge in [-0.3, -0.25) is 4.79 Å². The van der Waals surface area contributed by atoms with E-state index in [0.29, 0.717) is 5.75 Å². The smallest absolute Gasteiger partial charge is 0.221 e. The highest BCUT2D eigenvalue weighted by Gasteiger charge is 2.18. The van der Waals surface area contributed by atoms with Gasteiger partial charge in [0, 0.05) is 13.0 Å². The van der Waals surface area contributed by atoms with Crippen LogP contribution < -0.4 is 10.1 Å². The molecule has 0 radical (unpaired) electrons. The minimum atomic E-state index is -3.53. The SMILES string of the molecule is CC(C)Oc1ccc(S(=O)(=O)CCC(=O)NCC(C)(C)O)cc1. The third kappa shape index (κ3) is 7.47. The van der Waals surface area contributed by atoms with Gasteiger partial charge in [-0.2, -0.15) is 0 Å². The molecular formula is C16H25NO5S. The van der Waals surface area contributed by atoms with Gasteiger partial charge in [-0.1, -0.05) is 0 Å². The largest absolute Gasteiger partial charge is 0.491 e. The topological polar surface area (TPSA) is 92.7 Å². The van der Waals surface area contributed by atoms with Crippen LogP contribution in [0.1, 0.15) is 34.1 Å². The summed E-state index contributed by atoms with van der Waals surface area (Å²) < 4.78 is 29.9. The Bertz CT molecular complexity index is 615. The molecule has 0 spiro atoms. The van der Waals surface area contributed by atoms with Crippen molar-refractivity contribution in [3.8, 4) is 5.75 Å². The van der Waals surface area contributed by atoms with E-state index in [1.807, 2.05) is 13.8 Å². The number of benzene rings is 1. The molecule has 23 heavy (non-hydrogen) atoms. The van der Waals surface area contributed by atoms with Gasteiger partial charge < -0.3 is 15.2 Å². The Morgan fingerprint density at radius 3 is 2.30 bits per heavy atom. The van der Waals surface area contributed by atoms with Crippen LogP contribution >= 0.6 is 0 Å². The summed E-state index contributed by atoms with van der Waals surface area (Å²) in [5, 5.41) is 12.0. The molecule has 0 aliphatic carbocycles. The molecule has 0 aliphatic heterocycles. The summed E-state index contributed by atoms with van der Waals surface area (Å²) in [6.07, 6.45) is -0.139. The number of carbonyl (C=O) groups is 1. The summed E-state index contributed by atoms with van der Waals surface area (Å²) in [5.41, 5.74) is -1.03. The first kappa shape index (κ1) is 19.4. The number of hydrogen-bond donors (Lipinski definition) is 2. The Morgan fingerprint density at radius 2 is 1.83 bits per heavy atom. The summed E-state index contributed by atoms with van der Waals surface area (Å²) in [7, 11) is -3.53. The highest BCUT2D eigenvalue weighted by Crippen LogP contribution is 2.18. The second-order valence-electron chi connectivity index (χ2n) is 6.30. The second kappa shape index (κ2) is 7.79. The Morgan fingerprint density at radius 1 is 1.26 bits per heavy atom. The minimum absolute atomic E-state index is 0.0110. The van der Waals surface area contributed by atoms with E-state index in [1.165, 1.54) is 12.1 Å².